The summed E-state index contributed by atoms with van der Waals surface area (Å²) in [6, 6.07) is 11.5. The predicted molar refractivity (Wildman–Crippen MR) is 89.7 cm³/mol. The van der Waals surface area contributed by atoms with E-state index in [2.05, 4.69) is 42.0 Å². The number of halogens is 2. The highest BCUT2D eigenvalue weighted by Crippen LogP contribution is 2.30. The van der Waals surface area contributed by atoms with Crippen LogP contribution < -0.4 is 5.73 Å². The maximum atomic E-state index is 5.78. The molecular formula is C15H11Br2N3O. The lowest BCUT2D eigenvalue weighted by Gasteiger charge is -2.00. The number of nitrogen functional groups attached to an aromatic ring is 1. The standard InChI is InChI=1S/C15H11Br2N3O/c1-8-2-4-10(11(16)6-8)14-19-15(21-20-14)9-3-5-13(18)12(17)7-9/h2-7H,18H2,1H3. The van der Waals surface area contributed by atoms with Crippen molar-refractivity contribution in [2.45, 2.75) is 6.92 Å². The Kier molecular flexibility index (Phi) is 3.82. The molecule has 0 radical (unpaired) electrons. The topological polar surface area (TPSA) is 64.9 Å². The van der Waals surface area contributed by atoms with Crippen LogP contribution in [0, 0.1) is 6.92 Å². The molecule has 0 saturated heterocycles. The highest BCUT2D eigenvalue weighted by Gasteiger charge is 2.13. The number of benzene rings is 2. The van der Waals surface area contributed by atoms with Gasteiger partial charge < -0.3 is 10.3 Å². The number of anilines is 1. The molecule has 6 heteroatoms. The molecule has 0 atom stereocenters. The molecule has 0 fully saturated rings. The Labute approximate surface area is 138 Å². The first-order valence-electron chi connectivity index (χ1n) is 6.20. The van der Waals surface area contributed by atoms with E-state index < -0.39 is 0 Å². The van der Waals surface area contributed by atoms with Gasteiger partial charge in [0.05, 0.1) is 0 Å². The molecule has 0 unspecified atom stereocenters. The summed E-state index contributed by atoms with van der Waals surface area (Å²) < 4.78 is 7.08. The molecule has 2 aromatic carbocycles. The van der Waals surface area contributed by atoms with Crippen molar-refractivity contribution in [3.8, 4) is 22.8 Å². The lowest BCUT2D eigenvalue weighted by Crippen LogP contribution is -1.87. The third-order valence-corrected chi connectivity index (χ3v) is 4.38. The molecule has 2 N–H and O–H groups in total. The van der Waals surface area contributed by atoms with E-state index in [0.717, 1.165) is 25.6 Å². The number of hydrogen-bond donors (Lipinski definition) is 1. The number of aromatic nitrogens is 2. The molecule has 4 nitrogen and oxygen atoms in total. The summed E-state index contributed by atoms with van der Waals surface area (Å²) in [5.74, 6) is 1.00. The minimum Gasteiger partial charge on any atom is -0.398 e. The number of nitrogens with two attached hydrogens (primary N) is 1. The molecule has 3 aromatic rings. The number of aryl methyl sites for hydroxylation is 1. The van der Waals surface area contributed by atoms with Crippen molar-refractivity contribution >= 4 is 37.5 Å². The fourth-order valence-corrected chi connectivity index (χ4v) is 2.96. The summed E-state index contributed by atoms with van der Waals surface area (Å²) in [5.41, 5.74) is 9.32. The summed E-state index contributed by atoms with van der Waals surface area (Å²) in [5, 5.41) is 4.04. The zero-order valence-corrected chi connectivity index (χ0v) is 14.3. The largest absolute Gasteiger partial charge is 0.398 e. The van der Waals surface area contributed by atoms with E-state index in [0.29, 0.717) is 17.4 Å². The highest BCUT2D eigenvalue weighted by molar-refractivity contribution is 9.11. The van der Waals surface area contributed by atoms with Crippen LogP contribution in [0.5, 0.6) is 0 Å². The molecule has 1 aromatic heterocycles. The number of nitrogens with zero attached hydrogens (tertiary/aromatic N) is 2. The highest BCUT2D eigenvalue weighted by atomic mass is 79.9. The summed E-state index contributed by atoms with van der Waals surface area (Å²) in [7, 11) is 0. The molecule has 0 saturated carbocycles. The van der Waals surface area contributed by atoms with E-state index in [1.807, 2.05) is 37.3 Å². The molecule has 3 rings (SSSR count). The molecule has 0 aliphatic rings. The van der Waals surface area contributed by atoms with Crippen molar-refractivity contribution in [2.24, 2.45) is 0 Å². The van der Waals surface area contributed by atoms with Crippen LogP contribution in [0.2, 0.25) is 0 Å². The van der Waals surface area contributed by atoms with E-state index in [9.17, 15) is 0 Å². The average Bonchev–Trinajstić information content (AvgIpc) is 2.91. The van der Waals surface area contributed by atoms with Crippen LogP contribution in [0.1, 0.15) is 5.56 Å². The monoisotopic (exact) mass is 407 g/mol. The lowest BCUT2D eigenvalue weighted by molar-refractivity contribution is 0.432. The zero-order chi connectivity index (χ0) is 15.0. The summed E-state index contributed by atoms with van der Waals surface area (Å²) in [6.07, 6.45) is 0. The van der Waals surface area contributed by atoms with Gasteiger partial charge in [0.15, 0.2) is 0 Å². The van der Waals surface area contributed by atoms with E-state index >= 15 is 0 Å². The van der Waals surface area contributed by atoms with E-state index in [1.54, 1.807) is 6.07 Å². The number of hydrogen-bond acceptors (Lipinski definition) is 4. The van der Waals surface area contributed by atoms with Crippen molar-refractivity contribution in [1.82, 2.24) is 10.1 Å². The first kappa shape index (κ1) is 14.3. The Balaban J connectivity index is 2.01. The minimum absolute atomic E-state index is 0.457. The first-order chi connectivity index (χ1) is 10.0. The van der Waals surface area contributed by atoms with Crippen LogP contribution in [0.25, 0.3) is 22.8 Å². The Morgan fingerprint density at radius 1 is 1.05 bits per heavy atom. The predicted octanol–water partition coefficient (Wildman–Crippen LogP) is 4.82. The third kappa shape index (κ3) is 2.87. The van der Waals surface area contributed by atoms with Gasteiger partial charge in [-0.3, -0.25) is 0 Å². The Morgan fingerprint density at radius 2 is 1.86 bits per heavy atom. The van der Waals surface area contributed by atoms with Crippen LogP contribution in [0.4, 0.5) is 5.69 Å². The minimum atomic E-state index is 0.457. The molecule has 0 amide bonds. The maximum absolute atomic E-state index is 5.78. The summed E-state index contributed by atoms with van der Waals surface area (Å²) >= 11 is 6.92. The van der Waals surface area contributed by atoms with Crippen LogP contribution in [0.15, 0.2) is 49.9 Å². The second kappa shape index (κ2) is 5.61. The second-order valence-corrected chi connectivity index (χ2v) is 6.35. The molecule has 0 aliphatic heterocycles. The van der Waals surface area contributed by atoms with Crippen LogP contribution in [-0.4, -0.2) is 10.1 Å². The van der Waals surface area contributed by atoms with Crippen molar-refractivity contribution < 1.29 is 4.52 Å². The first-order valence-corrected chi connectivity index (χ1v) is 7.79. The average molecular weight is 409 g/mol. The lowest BCUT2D eigenvalue weighted by atomic mass is 10.1. The van der Waals surface area contributed by atoms with Gasteiger partial charge in [-0.2, -0.15) is 4.98 Å². The van der Waals surface area contributed by atoms with Crippen LogP contribution in [0.3, 0.4) is 0 Å². The zero-order valence-electron chi connectivity index (χ0n) is 11.1. The van der Waals surface area contributed by atoms with Gasteiger partial charge >= 0.3 is 0 Å². The van der Waals surface area contributed by atoms with E-state index in [4.69, 9.17) is 10.3 Å². The van der Waals surface area contributed by atoms with Gasteiger partial charge in [0, 0.05) is 25.8 Å². The quantitative estimate of drug-likeness (QED) is 0.617. The third-order valence-electron chi connectivity index (χ3n) is 3.04. The molecule has 0 bridgehead atoms. The van der Waals surface area contributed by atoms with Gasteiger partial charge in [-0.25, -0.2) is 0 Å². The maximum Gasteiger partial charge on any atom is 0.258 e. The van der Waals surface area contributed by atoms with Crippen molar-refractivity contribution in [2.75, 3.05) is 5.73 Å². The molecular weight excluding hydrogens is 398 g/mol. The molecule has 0 aliphatic carbocycles. The number of rotatable bonds is 2. The molecule has 1 heterocycles. The Bertz CT molecular complexity index is 814. The fraction of sp³-hybridized carbons (Fsp3) is 0.0667. The van der Waals surface area contributed by atoms with Crippen LogP contribution in [-0.2, 0) is 0 Å². The van der Waals surface area contributed by atoms with Gasteiger partial charge in [-0.1, -0.05) is 27.2 Å². The van der Waals surface area contributed by atoms with Crippen LogP contribution >= 0.6 is 31.9 Å². The fourth-order valence-electron chi connectivity index (χ4n) is 1.91. The van der Waals surface area contributed by atoms with Gasteiger partial charge in [0.25, 0.3) is 5.89 Å². The molecule has 106 valence electrons. The SMILES string of the molecule is Cc1ccc(-c2noc(-c3ccc(N)c(Br)c3)n2)c(Br)c1. The van der Waals surface area contributed by atoms with Gasteiger partial charge in [0.2, 0.25) is 5.82 Å². The summed E-state index contributed by atoms with van der Waals surface area (Å²) in [4.78, 5) is 4.44. The molecule has 0 spiro atoms. The normalized spacial score (nSPS) is 10.8. The summed E-state index contributed by atoms with van der Waals surface area (Å²) in [6.45, 7) is 2.03. The van der Waals surface area contributed by atoms with Gasteiger partial charge in [0.1, 0.15) is 0 Å². The van der Waals surface area contributed by atoms with Gasteiger partial charge in [-0.15, -0.1) is 0 Å². The van der Waals surface area contributed by atoms with Gasteiger partial charge in [-0.05, 0) is 58.7 Å². The second-order valence-electron chi connectivity index (χ2n) is 4.64. The van der Waals surface area contributed by atoms with Crippen molar-refractivity contribution in [3.05, 3.63) is 50.9 Å². The Hall–Kier alpha value is -1.66. The van der Waals surface area contributed by atoms with E-state index in [1.165, 1.54) is 0 Å². The molecule has 21 heavy (non-hydrogen) atoms. The van der Waals surface area contributed by atoms with E-state index in [-0.39, 0.29) is 0 Å². The Morgan fingerprint density at radius 3 is 2.57 bits per heavy atom. The van der Waals surface area contributed by atoms with Crippen molar-refractivity contribution in [3.63, 3.8) is 0 Å². The van der Waals surface area contributed by atoms with Crippen molar-refractivity contribution in [1.29, 1.82) is 0 Å². The smallest absolute Gasteiger partial charge is 0.258 e.